The lowest BCUT2D eigenvalue weighted by atomic mass is 9.99. The van der Waals surface area contributed by atoms with Gasteiger partial charge in [-0.25, -0.2) is 4.79 Å². The average Bonchev–Trinajstić information content (AvgIpc) is 3.52. The first kappa shape index (κ1) is 31.7. The average molecular weight is 624 g/mol. The molecule has 9 nitrogen and oxygen atoms in total. The van der Waals surface area contributed by atoms with E-state index in [2.05, 4.69) is 15.5 Å². The molecule has 240 valence electrons. The van der Waals surface area contributed by atoms with E-state index in [4.69, 9.17) is 18.9 Å². The van der Waals surface area contributed by atoms with Crippen molar-refractivity contribution in [2.75, 3.05) is 37.4 Å². The van der Waals surface area contributed by atoms with Crippen molar-refractivity contribution in [3.05, 3.63) is 120 Å². The molecular formula is C37H41N3O6. The Bertz CT molecular complexity index is 1530. The van der Waals surface area contributed by atoms with Crippen molar-refractivity contribution < 1.29 is 28.8 Å². The second-order valence-corrected chi connectivity index (χ2v) is 11.7. The summed E-state index contributed by atoms with van der Waals surface area (Å²) in [4.78, 5) is 15.2. The van der Waals surface area contributed by atoms with Gasteiger partial charge in [0.25, 0.3) is 0 Å². The van der Waals surface area contributed by atoms with Gasteiger partial charge in [-0.05, 0) is 79.0 Å². The molecule has 2 aliphatic rings. The summed E-state index contributed by atoms with van der Waals surface area (Å²) in [7, 11) is 1.76. The molecule has 2 saturated heterocycles. The molecule has 2 heterocycles. The molecule has 2 fully saturated rings. The van der Waals surface area contributed by atoms with E-state index >= 15 is 0 Å². The summed E-state index contributed by atoms with van der Waals surface area (Å²) in [5.41, 5.74) is 4.09. The van der Waals surface area contributed by atoms with Gasteiger partial charge in [-0.2, -0.15) is 0 Å². The van der Waals surface area contributed by atoms with Gasteiger partial charge < -0.3 is 34.7 Å². The molecule has 0 aromatic heterocycles. The number of amides is 2. The van der Waals surface area contributed by atoms with Crippen LogP contribution < -0.4 is 15.4 Å². The van der Waals surface area contributed by atoms with Crippen molar-refractivity contribution in [1.29, 1.82) is 0 Å². The molecule has 0 spiro atoms. The molecule has 4 aromatic rings. The molecule has 46 heavy (non-hydrogen) atoms. The van der Waals surface area contributed by atoms with Crippen LogP contribution in [-0.2, 0) is 20.8 Å². The van der Waals surface area contributed by atoms with E-state index in [0.717, 1.165) is 54.8 Å². The normalized spacial score (nSPS) is 21.5. The smallest absolute Gasteiger partial charge is 0.323 e. The Balaban J connectivity index is 1.09. The number of urea groups is 1. The Kier molecular flexibility index (Phi) is 10.6. The number of aliphatic hydroxyl groups excluding tert-OH is 1. The van der Waals surface area contributed by atoms with E-state index in [-0.39, 0.29) is 24.8 Å². The van der Waals surface area contributed by atoms with Crippen LogP contribution in [0.1, 0.15) is 48.3 Å². The molecular weight excluding hydrogens is 582 g/mol. The fourth-order valence-corrected chi connectivity index (χ4v) is 6.06. The van der Waals surface area contributed by atoms with E-state index in [1.807, 2.05) is 91.0 Å². The third-order valence-electron chi connectivity index (χ3n) is 8.44. The lowest BCUT2D eigenvalue weighted by Gasteiger charge is -2.38. The summed E-state index contributed by atoms with van der Waals surface area (Å²) < 4.78 is 24.4. The van der Waals surface area contributed by atoms with Gasteiger partial charge in [-0.15, -0.1) is 0 Å². The number of aliphatic hydroxyl groups is 1. The number of nitrogens with one attached hydrogen (secondary N) is 2. The van der Waals surface area contributed by atoms with E-state index in [1.165, 1.54) is 0 Å². The number of nitrogens with zero attached hydrogens (tertiary/aromatic N) is 1. The SMILES string of the molecule is COC[C@@H]1CCCN1C[C@@H]1C[C@H](c2ccc(CO)cc2)O[C@H](c2ccc(NC(=O)Nc3ccc(Oc4ccccc4)cc3)cc2)O1. The predicted molar refractivity (Wildman–Crippen MR) is 177 cm³/mol. The first-order chi connectivity index (χ1) is 22.6. The van der Waals surface area contributed by atoms with Crippen molar-refractivity contribution in [2.24, 2.45) is 0 Å². The Morgan fingerprint density at radius 3 is 2.17 bits per heavy atom. The first-order valence-electron chi connectivity index (χ1n) is 15.8. The van der Waals surface area contributed by atoms with Crippen LogP contribution in [0.25, 0.3) is 0 Å². The highest BCUT2D eigenvalue weighted by Gasteiger charge is 2.35. The lowest BCUT2D eigenvalue weighted by molar-refractivity contribution is -0.253. The van der Waals surface area contributed by atoms with Crippen LogP contribution in [0.2, 0.25) is 0 Å². The second-order valence-electron chi connectivity index (χ2n) is 11.7. The van der Waals surface area contributed by atoms with Gasteiger partial charge in [-0.1, -0.05) is 54.6 Å². The zero-order chi connectivity index (χ0) is 31.7. The highest BCUT2D eigenvalue weighted by Crippen LogP contribution is 2.39. The van der Waals surface area contributed by atoms with Gasteiger partial charge in [0.2, 0.25) is 0 Å². The summed E-state index contributed by atoms with van der Waals surface area (Å²) in [5.74, 6) is 1.43. The van der Waals surface area contributed by atoms with Gasteiger partial charge in [0, 0.05) is 43.1 Å². The number of carbonyl (C=O) groups is 1. The molecule has 2 amide bonds. The van der Waals surface area contributed by atoms with Crippen molar-refractivity contribution in [2.45, 2.75) is 50.4 Å². The fraction of sp³-hybridized carbons (Fsp3) is 0.324. The number of rotatable bonds is 11. The number of anilines is 2. The van der Waals surface area contributed by atoms with Gasteiger partial charge in [0.1, 0.15) is 11.5 Å². The van der Waals surface area contributed by atoms with E-state index in [9.17, 15) is 9.90 Å². The molecule has 0 aliphatic carbocycles. The van der Waals surface area contributed by atoms with Crippen LogP contribution in [0.15, 0.2) is 103 Å². The molecule has 3 N–H and O–H groups in total. The van der Waals surface area contributed by atoms with Crippen LogP contribution in [0.5, 0.6) is 11.5 Å². The molecule has 4 atom stereocenters. The minimum Gasteiger partial charge on any atom is -0.457 e. The number of carbonyl (C=O) groups excluding carboxylic acids is 1. The Morgan fingerprint density at radius 2 is 1.50 bits per heavy atom. The topological polar surface area (TPSA) is 102 Å². The van der Waals surface area contributed by atoms with Crippen molar-refractivity contribution >= 4 is 17.4 Å². The number of benzene rings is 4. The lowest BCUT2D eigenvalue weighted by Crippen LogP contribution is -2.42. The first-order valence-corrected chi connectivity index (χ1v) is 15.8. The number of hydrogen-bond acceptors (Lipinski definition) is 7. The van der Waals surface area contributed by atoms with Crippen LogP contribution in [0.3, 0.4) is 0 Å². The third-order valence-corrected chi connectivity index (χ3v) is 8.44. The minimum absolute atomic E-state index is 0.00438. The maximum atomic E-state index is 12.7. The van der Waals surface area contributed by atoms with Crippen LogP contribution in [0, 0.1) is 0 Å². The Labute approximate surface area is 270 Å². The van der Waals surface area contributed by atoms with Gasteiger partial charge in [0.15, 0.2) is 6.29 Å². The van der Waals surface area contributed by atoms with Crippen LogP contribution >= 0.6 is 0 Å². The van der Waals surface area contributed by atoms with E-state index in [1.54, 1.807) is 19.2 Å². The number of methoxy groups -OCH3 is 1. The highest BCUT2D eigenvalue weighted by molar-refractivity contribution is 5.99. The number of para-hydroxylation sites is 1. The third kappa shape index (κ3) is 8.31. The molecule has 9 heteroatoms. The number of likely N-dealkylation sites (tertiary alicyclic amines) is 1. The van der Waals surface area contributed by atoms with Gasteiger partial charge in [0.05, 0.1) is 25.4 Å². The Hall–Kier alpha value is -4.25. The van der Waals surface area contributed by atoms with E-state index < -0.39 is 6.29 Å². The summed E-state index contributed by atoms with van der Waals surface area (Å²) >= 11 is 0. The largest absolute Gasteiger partial charge is 0.457 e. The monoisotopic (exact) mass is 623 g/mol. The van der Waals surface area contributed by atoms with Gasteiger partial charge in [-0.3, -0.25) is 4.90 Å². The zero-order valence-electron chi connectivity index (χ0n) is 26.0. The summed E-state index contributed by atoms with van der Waals surface area (Å²) in [6, 6.07) is 32.3. The van der Waals surface area contributed by atoms with Crippen molar-refractivity contribution in [3.63, 3.8) is 0 Å². The molecule has 4 aromatic carbocycles. The Morgan fingerprint density at radius 1 is 0.848 bits per heavy atom. The quantitative estimate of drug-likeness (QED) is 0.162. The number of ether oxygens (including phenoxy) is 4. The summed E-state index contributed by atoms with van der Waals surface area (Å²) in [6.45, 7) is 2.56. The zero-order valence-corrected chi connectivity index (χ0v) is 26.0. The molecule has 2 aliphatic heterocycles. The fourth-order valence-electron chi connectivity index (χ4n) is 6.06. The molecule has 0 bridgehead atoms. The second kappa shape index (κ2) is 15.4. The highest BCUT2D eigenvalue weighted by atomic mass is 16.7. The number of hydrogen-bond donors (Lipinski definition) is 3. The maximum Gasteiger partial charge on any atom is 0.323 e. The maximum absolute atomic E-state index is 12.7. The molecule has 0 radical (unpaired) electrons. The van der Waals surface area contributed by atoms with E-state index in [0.29, 0.717) is 29.8 Å². The summed E-state index contributed by atoms with van der Waals surface area (Å²) in [6.07, 6.45) is 2.25. The summed E-state index contributed by atoms with van der Waals surface area (Å²) in [5, 5.41) is 15.3. The van der Waals surface area contributed by atoms with Crippen molar-refractivity contribution in [1.82, 2.24) is 4.90 Å². The van der Waals surface area contributed by atoms with Crippen LogP contribution in [-0.4, -0.2) is 55.0 Å². The van der Waals surface area contributed by atoms with Crippen molar-refractivity contribution in [3.8, 4) is 11.5 Å². The standard InChI is InChI=1S/C37H41N3O6/c1-43-25-31-6-5-21-40(31)23-34-22-35(27-11-9-26(24-41)10-12-27)46-36(45-34)28-13-15-29(16-14-28)38-37(42)39-30-17-19-33(20-18-30)44-32-7-3-2-4-8-32/h2-4,7-20,31,34-36,41H,5-6,21-25H2,1H3,(H2,38,39,42)/t31-,34-,35+,36+/m0/s1. The van der Waals surface area contributed by atoms with Crippen LogP contribution in [0.4, 0.5) is 16.2 Å². The predicted octanol–water partition coefficient (Wildman–Crippen LogP) is 7.27. The molecule has 0 unspecified atom stereocenters. The molecule has 6 rings (SSSR count). The minimum atomic E-state index is -0.566. The van der Waals surface area contributed by atoms with Gasteiger partial charge >= 0.3 is 6.03 Å². The molecule has 0 saturated carbocycles.